The van der Waals surface area contributed by atoms with Gasteiger partial charge in [0.15, 0.2) is 33.1 Å². The average Bonchev–Trinajstić information content (AvgIpc) is 3.33. The number of halogens is 7. The molecule has 0 radical (unpaired) electrons. The molecule has 1 aromatic heterocycles. The van der Waals surface area contributed by atoms with E-state index in [1.165, 1.54) is 18.2 Å². The van der Waals surface area contributed by atoms with Crippen molar-refractivity contribution < 1.29 is 59.0 Å². The number of rotatable bonds is 5. The molecule has 0 atom stereocenters. The van der Waals surface area contributed by atoms with E-state index >= 15 is 17.6 Å². The molecule has 9 nitrogen and oxygen atoms in total. The highest BCUT2D eigenvalue weighted by Gasteiger charge is 2.38. The number of alkyl halides is 3. The quantitative estimate of drug-likeness (QED) is 0.193. The van der Waals surface area contributed by atoms with E-state index in [4.69, 9.17) is 9.90 Å². The minimum atomic E-state index is -5.08. The minimum absolute atomic E-state index is 0.0448. The third-order valence-corrected chi connectivity index (χ3v) is 8.42. The van der Waals surface area contributed by atoms with Crippen molar-refractivity contribution in [3.05, 3.63) is 76.6 Å². The van der Waals surface area contributed by atoms with Crippen LogP contribution in [0.1, 0.15) is 21.7 Å². The Morgan fingerprint density at radius 3 is 1.84 bits per heavy atom. The Balaban J connectivity index is 0.000000591. The fourth-order valence-electron chi connectivity index (χ4n) is 4.63. The zero-order chi connectivity index (χ0) is 33.4. The van der Waals surface area contributed by atoms with Gasteiger partial charge in [-0.2, -0.15) is 13.2 Å². The highest BCUT2D eigenvalue weighted by Crippen LogP contribution is 2.38. The van der Waals surface area contributed by atoms with Crippen molar-refractivity contribution in [1.29, 1.82) is 0 Å². The Kier molecular flexibility index (Phi) is 9.25. The van der Waals surface area contributed by atoms with Gasteiger partial charge in [0, 0.05) is 19.6 Å². The number of carboxylic acid groups (broad SMARTS) is 2. The number of nitrogens with one attached hydrogen (secondary N) is 1. The second kappa shape index (κ2) is 12.5. The molecule has 1 saturated heterocycles. The number of aryl methyl sites for hydroxylation is 1. The molecule has 4 aromatic rings. The van der Waals surface area contributed by atoms with Crippen molar-refractivity contribution in [2.45, 2.75) is 19.6 Å². The van der Waals surface area contributed by atoms with Gasteiger partial charge in [0.2, 0.25) is 0 Å². The van der Waals surface area contributed by atoms with E-state index < -0.39 is 62.3 Å². The molecule has 0 saturated carbocycles. The third-order valence-electron chi connectivity index (χ3n) is 6.82. The molecule has 17 heteroatoms. The monoisotopic (exact) mass is 661 g/mol. The van der Waals surface area contributed by atoms with E-state index in [2.05, 4.69) is 9.97 Å². The molecule has 2 heterocycles. The van der Waals surface area contributed by atoms with Crippen molar-refractivity contribution in [3.63, 3.8) is 0 Å². The van der Waals surface area contributed by atoms with Crippen molar-refractivity contribution in [3.8, 4) is 22.3 Å². The summed E-state index contributed by atoms with van der Waals surface area (Å²) >= 11 is 0. The highest BCUT2D eigenvalue weighted by molar-refractivity contribution is 7.91. The maximum absolute atomic E-state index is 15.3. The molecule has 240 valence electrons. The number of benzene rings is 3. The van der Waals surface area contributed by atoms with Gasteiger partial charge < -0.3 is 15.2 Å². The van der Waals surface area contributed by atoms with Crippen LogP contribution in [0.15, 0.2) is 36.4 Å². The van der Waals surface area contributed by atoms with E-state index in [-0.39, 0.29) is 39.2 Å². The van der Waals surface area contributed by atoms with E-state index in [9.17, 15) is 31.5 Å². The SMILES string of the molecule is Cc1nc2c(C(=O)O)cc(-c3c(F)c(F)c(-c4ccc(CN5CCS(=O)(=O)CC5)cc4)c(F)c3F)cc2[nH]1.O=C(O)C(F)(F)F. The van der Waals surface area contributed by atoms with Gasteiger partial charge in [-0.1, -0.05) is 24.3 Å². The Morgan fingerprint density at radius 2 is 1.38 bits per heavy atom. The summed E-state index contributed by atoms with van der Waals surface area (Å²) in [6.45, 7) is 2.68. The molecule has 5 rings (SSSR count). The molecule has 3 N–H and O–H groups in total. The van der Waals surface area contributed by atoms with Gasteiger partial charge in [-0.25, -0.2) is 40.6 Å². The van der Waals surface area contributed by atoms with E-state index in [1.54, 1.807) is 19.1 Å². The highest BCUT2D eigenvalue weighted by atomic mass is 32.2. The number of aromatic carboxylic acids is 1. The molecule has 0 spiro atoms. The maximum atomic E-state index is 15.3. The summed E-state index contributed by atoms with van der Waals surface area (Å²) in [4.78, 5) is 29.4. The average molecular weight is 662 g/mol. The fourth-order valence-corrected chi connectivity index (χ4v) is 5.91. The first-order chi connectivity index (χ1) is 20.9. The minimum Gasteiger partial charge on any atom is -0.478 e. The first kappa shape index (κ1) is 33.4. The number of hydrogen-bond donors (Lipinski definition) is 3. The summed E-state index contributed by atoms with van der Waals surface area (Å²) in [6, 6.07) is 7.87. The van der Waals surface area contributed by atoms with Crippen LogP contribution in [0.5, 0.6) is 0 Å². The Bertz CT molecular complexity index is 1870. The van der Waals surface area contributed by atoms with Gasteiger partial charge in [-0.05, 0) is 35.7 Å². The maximum Gasteiger partial charge on any atom is 0.490 e. The molecule has 0 bridgehead atoms. The number of carboxylic acids is 2. The number of sulfone groups is 1. The summed E-state index contributed by atoms with van der Waals surface area (Å²) in [5.41, 5.74) is -1.85. The molecule has 0 amide bonds. The van der Waals surface area contributed by atoms with Gasteiger partial charge in [0.1, 0.15) is 11.3 Å². The predicted molar refractivity (Wildman–Crippen MR) is 146 cm³/mol. The number of imidazole rings is 1. The number of fused-ring (bicyclic) bond motifs is 1. The number of nitrogens with zero attached hydrogens (tertiary/aromatic N) is 2. The molecule has 0 unspecified atom stereocenters. The van der Waals surface area contributed by atoms with Crippen molar-refractivity contribution in [2.24, 2.45) is 0 Å². The Labute approximate surface area is 249 Å². The first-order valence-corrected chi connectivity index (χ1v) is 14.6. The zero-order valence-corrected chi connectivity index (χ0v) is 23.8. The lowest BCUT2D eigenvalue weighted by Crippen LogP contribution is -2.39. The van der Waals surface area contributed by atoms with Crippen LogP contribution in [-0.4, -0.2) is 76.2 Å². The molecule has 1 aliphatic rings. The van der Waals surface area contributed by atoms with Crippen LogP contribution in [-0.2, 0) is 21.2 Å². The summed E-state index contributed by atoms with van der Waals surface area (Å²) in [7, 11) is -3.04. The second-order valence-corrected chi connectivity index (χ2v) is 12.3. The van der Waals surface area contributed by atoms with Crippen molar-refractivity contribution in [1.82, 2.24) is 14.9 Å². The van der Waals surface area contributed by atoms with Crippen molar-refractivity contribution >= 4 is 32.8 Å². The number of H-pyrrole nitrogens is 1. The fraction of sp³-hybridized carbons (Fsp3) is 0.250. The number of hydrogen-bond acceptors (Lipinski definition) is 6. The van der Waals surface area contributed by atoms with Crippen LogP contribution in [0.4, 0.5) is 30.7 Å². The molecule has 1 fully saturated rings. The standard InChI is InChI=1S/C26H21F4N3O4S.C2HF3O2/c1-13-31-18-11-16(10-17(26(34)35)25(18)32-13)20-23(29)21(27)19(22(28)24(20)30)15-4-2-14(3-5-15)12-33-6-8-38(36,37)9-7-33;3-2(4,5)1(6)7/h2-5,10-11H,6-9,12H2,1H3,(H,31,32)(H,34,35);(H,6,7). The van der Waals surface area contributed by atoms with Crippen LogP contribution in [0, 0.1) is 30.2 Å². The van der Waals surface area contributed by atoms with E-state index in [0.29, 0.717) is 25.5 Å². The van der Waals surface area contributed by atoms with Gasteiger partial charge in [0.25, 0.3) is 0 Å². The molecular weight excluding hydrogens is 639 g/mol. The first-order valence-electron chi connectivity index (χ1n) is 12.8. The summed E-state index contributed by atoms with van der Waals surface area (Å²) in [6.07, 6.45) is -5.08. The van der Waals surface area contributed by atoms with E-state index in [0.717, 1.165) is 11.6 Å². The van der Waals surface area contributed by atoms with E-state index in [1.807, 2.05) is 4.90 Å². The van der Waals surface area contributed by atoms with Crippen LogP contribution in [0.25, 0.3) is 33.3 Å². The molecule has 3 aromatic carbocycles. The topological polar surface area (TPSA) is 141 Å². The number of aliphatic carboxylic acids is 1. The van der Waals surface area contributed by atoms with Crippen LogP contribution < -0.4 is 0 Å². The summed E-state index contributed by atoms with van der Waals surface area (Å²) in [5.74, 6) is -10.3. The molecule has 0 aliphatic carbocycles. The third kappa shape index (κ3) is 7.25. The summed E-state index contributed by atoms with van der Waals surface area (Å²) in [5, 5.41) is 16.7. The van der Waals surface area contributed by atoms with Gasteiger partial charge in [-0.15, -0.1) is 0 Å². The lowest BCUT2D eigenvalue weighted by Gasteiger charge is -2.26. The number of carbonyl (C=O) groups is 2. The summed E-state index contributed by atoms with van der Waals surface area (Å²) < 4.78 is 116. The lowest BCUT2D eigenvalue weighted by molar-refractivity contribution is -0.192. The number of aromatic nitrogens is 2. The van der Waals surface area contributed by atoms with Gasteiger partial charge >= 0.3 is 18.1 Å². The lowest BCUT2D eigenvalue weighted by atomic mass is 9.95. The molecule has 45 heavy (non-hydrogen) atoms. The zero-order valence-electron chi connectivity index (χ0n) is 23.0. The van der Waals surface area contributed by atoms with Crippen LogP contribution >= 0.6 is 0 Å². The Hall–Kier alpha value is -4.51. The Morgan fingerprint density at radius 1 is 0.889 bits per heavy atom. The molecular formula is C28H22F7N3O6S. The predicted octanol–water partition coefficient (Wildman–Crippen LogP) is 5.32. The molecule has 1 aliphatic heterocycles. The van der Waals surface area contributed by atoms with Crippen molar-refractivity contribution in [2.75, 3.05) is 24.6 Å². The van der Waals surface area contributed by atoms with Crippen LogP contribution in [0.3, 0.4) is 0 Å². The number of aromatic amines is 1. The van der Waals surface area contributed by atoms with Crippen LogP contribution in [0.2, 0.25) is 0 Å². The second-order valence-electron chi connectivity index (χ2n) is 9.98. The smallest absolute Gasteiger partial charge is 0.478 e. The van der Waals surface area contributed by atoms with Gasteiger partial charge in [-0.3, -0.25) is 4.90 Å². The normalized spacial score (nSPS) is 15.0. The van der Waals surface area contributed by atoms with Gasteiger partial charge in [0.05, 0.1) is 33.7 Å². The largest absolute Gasteiger partial charge is 0.490 e.